The van der Waals surface area contributed by atoms with Crippen LogP contribution in [0.2, 0.25) is 0 Å². The summed E-state index contributed by atoms with van der Waals surface area (Å²) in [5.41, 5.74) is 4.27. The second-order valence-electron chi connectivity index (χ2n) is 8.81. The van der Waals surface area contributed by atoms with Gasteiger partial charge in [-0.2, -0.15) is 0 Å². The molecular weight excluding hydrogens is 428 g/mol. The Balaban J connectivity index is 1.30. The van der Waals surface area contributed by atoms with Crippen molar-refractivity contribution in [2.24, 2.45) is 0 Å². The zero-order valence-electron chi connectivity index (χ0n) is 19.5. The molecule has 0 N–H and O–H groups in total. The lowest BCUT2D eigenvalue weighted by atomic mass is 10.0. The highest BCUT2D eigenvalue weighted by Crippen LogP contribution is 2.30. The Labute approximate surface area is 199 Å². The van der Waals surface area contributed by atoms with Crippen molar-refractivity contribution in [2.45, 2.75) is 39.2 Å². The number of aryl methyl sites for hydroxylation is 1. The number of anilines is 3. The van der Waals surface area contributed by atoms with Crippen molar-refractivity contribution in [2.75, 3.05) is 34.3 Å². The number of para-hydroxylation sites is 1. The molecular formula is C26H28N6O2. The highest BCUT2D eigenvalue weighted by molar-refractivity contribution is 6.06. The van der Waals surface area contributed by atoms with Crippen LogP contribution in [-0.2, 0) is 11.2 Å². The van der Waals surface area contributed by atoms with Crippen LogP contribution in [0.3, 0.4) is 0 Å². The minimum Gasteiger partial charge on any atom is -0.356 e. The molecule has 174 valence electrons. The molecule has 3 aromatic rings. The van der Waals surface area contributed by atoms with E-state index in [0.717, 1.165) is 55.2 Å². The van der Waals surface area contributed by atoms with Crippen LogP contribution in [0, 0.1) is 6.92 Å². The van der Waals surface area contributed by atoms with Gasteiger partial charge >= 0.3 is 0 Å². The van der Waals surface area contributed by atoms with E-state index in [1.807, 2.05) is 42.2 Å². The minimum absolute atomic E-state index is 0.0235. The van der Waals surface area contributed by atoms with Gasteiger partial charge in [-0.3, -0.25) is 14.6 Å². The summed E-state index contributed by atoms with van der Waals surface area (Å²) in [6.45, 7) is 5.68. The lowest BCUT2D eigenvalue weighted by molar-refractivity contribution is -0.117. The van der Waals surface area contributed by atoms with Crippen molar-refractivity contribution in [3.8, 4) is 0 Å². The van der Waals surface area contributed by atoms with E-state index in [2.05, 4.69) is 25.9 Å². The molecule has 1 aromatic carbocycles. The molecule has 2 aliphatic rings. The zero-order valence-corrected chi connectivity index (χ0v) is 19.5. The maximum atomic E-state index is 13.2. The third-order valence-electron chi connectivity index (χ3n) is 6.74. The van der Waals surface area contributed by atoms with Crippen LogP contribution in [0.25, 0.3) is 0 Å². The summed E-state index contributed by atoms with van der Waals surface area (Å²) in [7, 11) is 0. The van der Waals surface area contributed by atoms with E-state index < -0.39 is 0 Å². The molecule has 8 nitrogen and oxygen atoms in total. The molecule has 2 aliphatic heterocycles. The Morgan fingerprint density at radius 3 is 2.56 bits per heavy atom. The molecule has 34 heavy (non-hydrogen) atoms. The Hall–Kier alpha value is -3.81. The van der Waals surface area contributed by atoms with Gasteiger partial charge < -0.3 is 14.7 Å². The number of pyridine rings is 1. The average molecular weight is 457 g/mol. The molecule has 4 heterocycles. The average Bonchev–Trinajstić information content (AvgIpc) is 3.29. The number of hydrogen-bond donors (Lipinski definition) is 0. The largest absolute Gasteiger partial charge is 0.356 e. The van der Waals surface area contributed by atoms with Crippen LogP contribution >= 0.6 is 0 Å². The maximum Gasteiger partial charge on any atom is 0.277 e. The fraction of sp³-hybridized carbons (Fsp3) is 0.346. The van der Waals surface area contributed by atoms with Gasteiger partial charge in [0.2, 0.25) is 5.91 Å². The summed E-state index contributed by atoms with van der Waals surface area (Å²) < 4.78 is 0. The fourth-order valence-electron chi connectivity index (χ4n) is 5.03. The molecule has 0 aliphatic carbocycles. The van der Waals surface area contributed by atoms with Gasteiger partial charge in [0.1, 0.15) is 17.8 Å². The monoisotopic (exact) mass is 456 g/mol. The van der Waals surface area contributed by atoms with Gasteiger partial charge in [-0.15, -0.1) is 0 Å². The van der Waals surface area contributed by atoms with Gasteiger partial charge in [0.05, 0.1) is 11.4 Å². The number of carbonyl (C=O) groups excluding carboxylic acids is 2. The van der Waals surface area contributed by atoms with E-state index in [0.29, 0.717) is 12.2 Å². The van der Waals surface area contributed by atoms with Gasteiger partial charge in [-0.1, -0.05) is 18.2 Å². The van der Waals surface area contributed by atoms with Crippen molar-refractivity contribution in [3.05, 3.63) is 71.9 Å². The highest BCUT2D eigenvalue weighted by Gasteiger charge is 2.30. The molecule has 2 amide bonds. The number of hydrogen-bond acceptors (Lipinski definition) is 6. The first-order valence-electron chi connectivity index (χ1n) is 11.7. The molecule has 5 rings (SSSR count). The number of carbonyl (C=O) groups is 2. The van der Waals surface area contributed by atoms with Crippen molar-refractivity contribution in [3.63, 3.8) is 0 Å². The zero-order chi connectivity index (χ0) is 23.7. The maximum absolute atomic E-state index is 13.2. The Morgan fingerprint density at radius 1 is 1.00 bits per heavy atom. The quantitative estimate of drug-likeness (QED) is 0.598. The van der Waals surface area contributed by atoms with Gasteiger partial charge in [0.15, 0.2) is 0 Å². The lowest BCUT2D eigenvalue weighted by Gasteiger charge is -2.39. The predicted molar refractivity (Wildman–Crippen MR) is 131 cm³/mol. The number of nitrogens with zero attached hydrogens (tertiary/aromatic N) is 6. The van der Waals surface area contributed by atoms with E-state index in [1.165, 1.54) is 11.9 Å². The summed E-state index contributed by atoms with van der Waals surface area (Å²) >= 11 is 0. The number of rotatable bonds is 4. The van der Waals surface area contributed by atoms with Crippen LogP contribution in [-0.4, -0.2) is 52.4 Å². The van der Waals surface area contributed by atoms with Crippen LogP contribution in [0.5, 0.6) is 0 Å². The topological polar surface area (TPSA) is 82.5 Å². The number of benzene rings is 1. The van der Waals surface area contributed by atoms with Gasteiger partial charge in [-0.05, 0) is 49.9 Å². The fourth-order valence-corrected chi connectivity index (χ4v) is 5.03. The summed E-state index contributed by atoms with van der Waals surface area (Å²) in [5, 5.41) is 0. The Kier molecular flexibility index (Phi) is 5.96. The molecule has 0 atom stereocenters. The van der Waals surface area contributed by atoms with Crippen LogP contribution < -0.4 is 14.7 Å². The molecule has 0 radical (unpaired) electrons. The summed E-state index contributed by atoms with van der Waals surface area (Å²) in [5.74, 6) is 0.671. The van der Waals surface area contributed by atoms with Crippen LogP contribution in [0.1, 0.15) is 41.5 Å². The molecule has 0 saturated carbocycles. The van der Waals surface area contributed by atoms with Crippen molar-refractivity contribution in [1.82, 2.24) is 15.0 Å². The van der Waals surface area contributed by atoms with Crippen molar-refractivity contribution < 1.29 is 9.59 Å². The summed E-state index contributed by atoms with van der Waals surface area (Å²) in [6, 6.07) is 13.7. The van der Waals surface area contributed by atoms with Gasteiger partial charge in [-0.25, -0.2) is 9.97 Å². The first-order chi connectivity index (χ1) is 16.5. The second-order valence-corrected chi connectivity index (χ2v) is 8.81. The van der Waals surface area contributed by atoms with E-state index in [-0.39, 0.29) is 17.9 Å². The van der Waals surface area contributed by atoms with E-state index in [9.17, 15) is 9.59 Å². The highest BCUT2D eigenvalue weighted by atomic mass is 16.2. The molecule has 1 fully saturated rings. The first kappa shape index (κ1) is 22.0. The molecule has 0 spiro atoms. The smallest absolute Gasteiger partial charge is 0.277 e. The van der Waals surface area contributed by atoms with Gasteiger partial charge in [0.25, 0.3) is 5.91 Å². The molecule has 8 heteroatoms. The second kappa shape index (κ2) is 9.21. The minimum atomic E-state index is -0.0988. The number of amides is 2. The van der Waals surface area contributed by atoms with Gasteiger partial charge in [0, 0.05) is 50.6 Å². The van der Waals surface area contributed by atoms with Crippen LogP contribution in [0.15, 0.2) is 55.0 Å². The van der Waals surface area contributed by atoms with Crippen LogP contribution in [0.4, 0.5) is 17.2 Å². The molecule has 2 aromatic heterocycles. The van der Waals surface area contributed by atoms with E-state index in [4.69, 9.17) is 0 Å². The molecule has 0 unspecified atom stereocenters. The van der Waals surface area contributed by atoms with E-state index >= 15 is 0 Å². The standard InChI is InChI=1S/C26H28N6O2/c1-18-23(8-5-12-27-18)32(19(2)33)21-10-13-30(14-11-21)25-16-22(28-17-29-25)26(34)31-15-9-20-6-3-4-7-24(20)31/h3-8,12,16-17,21H,9-11,13-15H2,1-2H3. The number of piperidine rings is 1. The number of fused-ring (bicyclic) bond motifs is 1. The van der Waals surface area contributed by atoms with Crippen molar-refractivity contribution in [1.29, 1.82) is 0 Å². The Bertz CT molecular complexity index is 1220. The third kappa shape index (κ3) is 4.11. The SMILES string of the molecule is CC(=O)N(c1cccnc1C)C1CCN(c2cc(C(=O)N3CCc4ccccc43)ncn2)CC1. The third-order valence-corrected chi connectivity index (χ3v) is 6.74. The lowest BCUT2D eigenvalue weighted by Crippen LogP contribution is -2.47. The van der Waals surface area contributed by atoms with E-state index in [1.54, 1.807) is 24.1 Å². The van der Waals surface area contributed by atoms with Crippen molar-refractivity contribution >= 4 is 29.0 Å². The molecule has 1 saturated heterocycles. The number of aromatic nitrogens is 3. The predicted octanol–water partition coefficient (Wildman–Crippen LogP) is 3.40. The Morgan fingerprint density at radius 2 is 1.79 bits per heavy atom. The molecule has 0 bridgehead atoms. The summed E-state index contributed by atoms with van der Waals surface area (Å²) in [6.07, 6.45) is 5.68. The normalized spacial score (nSPS) is 15.8. The summed E-state index contributed by atoms with van der Waals surface area (Å²) in [4.78, 5) is 44.6. The first-order valence-corrected chi connectivity index (χ1v) is 11.7.